The molecule has 0 radical (unpaired) electrons. The maximum absolute atomic E-state index is 12.1. The Morgan fingerprint density at radius 2 is 1.60 bits per heavy atom. The summed E-state index contributed by atoms with van der Waals surface area (Å²) in [5, 5.41) is 8.30. The van der Waals surface area contributed by atoms with Gasteiger partial charge in [-0.2, -0.15) is 0 Å². The van der Waals surface area contributed by atoms with Gasteiger partial charge in [0, 0.05) is 24.3 Å². The highest BCUT2D eigenvalue weighted by Gasteiger charge is 2.07. The predicted molar refractivity (Wildman–Crippen MR) is 104 cm³/mol. The van der Waals surface area contributed by atoms with Gasteiger partial charge in [0.15, 0.2) is 0 Å². The minimum absolute atomic E-state index is 0.00288. The van der Waals surface area contributed by atoms with E-state index in [1.165, 1.54) is 0 Å². The van der Waals surface area contributed by atoms with Gasteiger partial charge >= 0.3 is 6.03 Å². The molecule has 0 heterocycles. The number of amides is 3. The number of rotatable bonds is 11. The van der Waals surface area contributed by atoms with Crippen molar-refractivity contribution in [3.8, 4) is 0 Å². The molecule has 0 fully saturated rings. The normalized spacial score (nSPS) is 10.6. The van der Waals surface area contributed by atoms with Gasteiger partial charge in [-0.15, -0.1) is 0 Å². The molecule has 140 valence electrons. The van der Waals surface area contributed by atoms with Crippen LogP contribution in [0.1, 0.15) is 46.5 Å². The Kier molecular flexibility index (Phi) is 10.3. The van der Waals surface area contributed by atoms with Crippen molar-refractivity contribution in [2.75, 3.05) is 36.8 Å². The van der Waals surface area contributed by atoms with Crippen molar-refractivity contribution in [2.45, 2.75) is 46.5 Å². The predicted octanol–water partition coefficient (Wildman–Crippen LogP) is 3.67. The van der Waals surface area contributed by atoms with Gasteiger partial charge in [0.05, 0.1) is 0 Å². The minimum atomic E-state index is -0.252. The zero-order valence-electron chi connectivity index (χ0n) is 15.7. The van der Waals surface area contributed by atoms with E-state index in [2.05, 4.69) is 34.7 Å². The summed E-state index contributed by atoms with van der Waals surface area (Å²) in [6, 6.07) is 6.92. The maximum Gasteiger partial charge on any atom is 0.319 e. The van der Waals surface area contributed by atoms with Gasteiger partial charge in [-0.3, -0.25) is 4.79 Å². The lowest BCUT2D eigenvalue weighted by atomic mass is 10.2. The molecular weight excluding hydrogens is 316 g/mol. The van der Waals surface area contributed by atoms with E-state index in [1.807, 2.05) is 13.0 Å². The number of urea groups is 1. The molecule has 6 heteroatoms. The van der Waals surface area contributed by atoms with Crippen LogP contribution in [-0.4, -0.2) is 43.0 Å². The summed E-state index contributed by atoms with van der Waals surface area (Å²) in [7, 11) is 0. The molecule has 1 aromatic rings. The molecule has 0 aliphatic carbocycles. The lowest BCUT2D eigenvalue weighted by Crippen LogP contribution is -2.28. The quantitative estimate of drug-likeness (QED) is 0.571. The fourth-order valence-electron chi connectivity index (χ4n) is 2.67. The molecule has 3 amide bonds. The molecule has 0 bridgehead atoms. The Labute approximate surface area is 151 Å². The first kappa shape index (κ1) is 21.0. The zero-order valence-corrected chi connectivity index (χ0v) is 15.7. The van der Waals surface area contributed by atoms with E-state index in [1.54, 1.807) is 18.2 Å². The van der Waals surface area contributed by atoms with E-state index in [-0.39, 0.29) is 11.9 Å². The smallest absolute Gasteiger partial charge is 0.319 e. The molecule has 0 aromatic heterocycles. The Balaban J connectivity index is 2.42. The number of hydrogen-bond acceptors (Lipinski definition) is 3. The van der Waals surface area contributed by atoms with Crippen LogP contribution in [0.5, 0.6) is 0 Å². The first-order valence-electron chi connectivity index (χ1n) is 9.26. The molecule has 3 N–H and O–H groups in total. The van der Waals surface area contributed by atoms with E-state index in [0.717, 1.165) is 38.9 Å². The number of nitrogens with zero attached hydrogens (tertiary/aromatic N) is 1. The highest BCUT2D eigenvalue weighted by atomic mass is 16.2. The molecule has 1 rings (SSSR count). The van der Waals surface area contributed by atoms with E-state index in [9.17, 15) is 9.59 Å². The fraction of sp³-hybridized carbons (Fsp3) is 0.579. The van der Waals surface area contributed by atoms with Crippen LogP contribution in [-0.2, 0) is 4.79 Å². The van der Waals surface area contributed by atoms with E-state index in [4.69, 9.17) is 0 Å². The summed E-state index contributed by atoms with van der Waals surface area (Å²) in [5.74, 6) is 0.00288. The van der Waals surface area contributed by atoms with Crippen LogP contribution in [0.15, 0.2) is 24.3 Å². The average molecular weight is 348 g/mol. The Morgan fingerprint density at radius 3 is 2.20 bits per heavy atom. The second-order valence-electron chi connectivity index (χ2n) is 6.06. The van der Waals surface area contributed by atoms with Crippen molar-refractivity contribution >= 4 is 23.3 Å². The summed E-state index contributed by atoms with van der Waals surface area (Å²) in [6.07, 6.45) is 3.62. The van der Waals surface area contributed by atoms with Gasteiger partial charge in [-0.05, 0) is 64.0 Å². The molecule has 0 aliphatic rings. The van der Waals surface area contributed by atoms with Crippen molar-refractivity contribution in [1.82, 2.24) is 10.2 Å². The molecule has 6 nitrogen and oxygen atoms in total. The van der Waals surface area contributed by atoms with Gasteiger partial charge in [-0.25, -0.2) is 4.79 Å². The first-order valence-corrected chi connectivity index (χ1v) is 9.26. The lowest BCUT2D eigenvalue weighted by Gasteiger charge is -2.20. The number of nitrogens with one attached hydrogen (secondary N) is 3. The van der Waals surface area contributed by atoms with Crippen molar-refractivity contribution in [3.05, 3.63) is 24.3 Å². The number of benzene rings is 1. The lowest BCUT2D eigenvalue weighted by molar-refractivity contribution is -0.116. The van der Waals surface area contributed by atoms with Gasteiger partial charge in [0.2, 0.25) is 5.91 Å². The van der Waals surface area contributed by atoms with Crippen molar-refractivity contribution in [1.29, 1.82) is 0 Å². The maximum atomic E-state index is 12.1. The molecule has 0 aliphatic heterocycles. The van der Waals surface area contributed by atoms with E-state index in [0.29, 0.717) is 24.3 Å². The highest BCUT2D eigenvalue weighted by Crippen LogP contribution is 2.15. The summed E-state index contributed by atoms with van der Waals surface area (Å²) >= 11 is 0. The van der Waals surface area contributed by atoms with Crippen LogP contribution in [0, 0.1) is 0 Å². The molecule has 25 heavy (non-hydrogen) atoms. The summed E-state index contributed by atoms with van der Waals surface area (Å²) in [6.45, 7) is 9.90. The van der Waals surface area contributed by atoms with Crippen molar-refractivity contribution in [2.24, 2.45) is 0 Å². The molecule has 0 unspecified atom stereocenters. The van der Waals surface area contributed by atoms with Crippen molar-refractivity contribution in [3.63, 3.8) is 0 Å². The average Bonchev–Trinajstić information content (AvgIpc) is 2.55. The highest BCUT2D eigenvalue weighted by molar-refractivity contribution is 5.93. The van der Waals surface area contributed by atoms with Crippen LogP contribution in [0.25, 0.3) is 0 Å². The number of carbonyl (C=O) groups is 2. The molecule has 0 saturated heterocycles. The Hall–Kier alpha value is -2.08. The molecule has 0 spiro atoms. The summed E-state index contributed by atoms with van der Waals surface area (Å²) < 4.78 is 0. The third-order valence-electron chi connectivity index (χ3n) is 3.70. The van der Waals surface area contributed by atoms with Gasteiger partial charge < -0.3 is 20.9 Å². The molecule has 1 aromatic carbocycles. The number of hydrogen-bond donors (Lipinski definition) is 3. The third kappa shape index (κ3) is 9.10. The van der Waals surface area contributed by atoms with Gasteiger partial charge in [0.25, 0.3) is 0 Å². The largest absolute Gasteiger partial charge is 0.338 e. The zero-order chi connectivity index (χ0) is 18.5. The van der Waals surface area contributed by atoms with Gasteiger partial charge in [-0.1, -0.05) is 19.9 Å². The first-order chi connectivity index (χ1) is 12.1. The monoisotopic (exact) mass is 348 g/mol. The summed E-state index contributed by atoms with van der Waals surface area (Å²) in [4.78, 5) is 26.1. The van der Waals surface area contributed by atoms with Crippen molar-refractivity contribution < 1.29 is 9.59 Å². The third-order valence-corrected chi connectivity index (χ3v) is 3.70. The second-order valence-corrected chi connectivity index (χ2v) is 6.06. The summed E-state index contributed by atoms with van der Waals surface area (Å²) in [5.41, 5.74) is 1.35. The fourth-order valence-corrected chi connectivity index (χ4v) is 2.67. The van der Waals surface area contributed by atoms with Gasteiger partial charge in [0.1, 0.15) is 0 Å². The SMILES string of the molecule is CCCN(CCC)CCCC(=O)Nc1cccc(NC(=O)NCC)c1. The van der Waals surface area contributed by atoms with E-state index >= 15 is 0 Å². The second kappa shape index (κ2) is 12.3. The molecular formula is C19H32N4O2. The van der Waals surface area contributed by atoms with Crippen LogP contribution in [0.2, 0.25) is 0 Å². The van der Waals surface area contributed by atoms with Crippen LogP contribution in [0.4, 0.5) is 16.2 Å². The topological polar surface area (TPSA) is 73.5 Å². The van der Waals surface area contributed by atoms with Crippen LogP contribution in [0.3, 0.4) is 0 Å². The Bertz CT molecular complexity index is 528. The molecule has 0 atom stereocenters. The number of carbonyl (C=O) groups excluding carboxylic acids is 2. The standard InChI is InChI=1S/C19H32N4O2/c1-4-12-23(13-5-2)14-8-11-18(24)21-16-9-7-10-17(15-16)22-19(25)20-6-3/h7,9-10,15H,4-6,8,11-14H2,1-3H3,(H,21,24)(H2,20,22,25). The Morgan fingerprint density at radius 1 is 0.960 bits per heavy atom. The number of anilines is 2. The molecule has 0 saturated carbocycles. The van der Waals surface area contributed by atoms with E-state index < -0.39 is 0 Å². The van der Waals surface area contributed by atoms with Crippen LogP contribution >= 0.6 is 0 Å². The van der Waals surface area contributed by atoms with Crippen LogP contribution < -0.4 is 16.0 Å². The minimum Gasteiger partial charge on any atom is -0.338 e.